The summed E-state index contributed by atoms with van der Waals surface area (Å²) >= 11 is 10.8. The number of halogens is 4. The van der Waals surface area contributed by atoms with Gasteiger partial charge in [0.2, 0.25) is 0 Å². The van der Waals surface area contributed by atoms with Crippen LogP contribution in [0.25, 0.3) is 0 Å². The van der Waals surface area contributed by atoms with Crippen LogP contribution < -0.4 is 0 Å². The number of nitrogens with zero attached hydrogens (tertiary/aromatic N) is 2. The number of aryl methyl sites for hydroxylation is 3. The van der Waals surface area contributed by atoms with Crippen molar-refractivity contribution in [1.82, 2.24) is 9.97 Å². The average molecular weight is 305 g/mol. The monoisotopic (exact) mass is 304 g/mol. The van der Waals surface area contributed by atoms with Crippen molar-refractivity contribution in [1.29, 1.82) is 0 Å². The van der Waals surface area contributed by atoms with Crippen LogP contribution in [0.5, 0.6) is 0 Å². The van der Waals surface area contributed by atoms with Crippen molar-refractivity contribution in [2.45, 2.75) is 20.8 Å². The highest BCUT2D eigenvalue weighted by Crippen LogP contribution is 2.18. The van der Waals surface area contributed by atoms with Crippen molar-refractivity contribution in [3.8, 4) is 0 Å². The van der Waals surface area contributed by atoms with Gasteiger partial charge >= 0.3 is 0 Å². The highest BCUT2D eigenvalue weighted by atomic mass is 35.5. The van der Waals surface area contributed by atoms with Crippen LogP contribution in [0.15, 0.2) is 18.3 Å². The Morgan fingerprint density at radius 1 is 0.947 bits per heavy atom. The predicted octanol–water partition coefficient (Wildman–Crippen LogP) is 4.67. The molecule has 0 fully saturated rings. The predicted molar refractivity (Wildman–Crippen MR) is 72.6 cm³/mol. The zero-order valence-electron chi connectivity index (χ0n) is 10.6. The number of rotatable bonds is 0. The number of hydrogen-bond donors (Lipinski definition) is 0. The lowest BCUT2D eigenvalue weighted by atomic mass is 10.2. The molecule has 0 aliphatic rings. The Balaban J connectivity index is 0.000000191. The maximum absolute atomic E-state index is 12.5. The molecule has 0 bridgehead atoms. The van der Waals surface area contributed by atoms with E-state index in [2.05, 4.69) is 9.97 Å². The van der Waals surface area contributed by atoms with E-state index in [4.69, 9.17) is 23.2 Å². The SMILES string of the molecule is Cc1cc(F)c(Cl)nc1Cl.Cc1cc(F)cnc1C. The largest absolute Gasteiger partial charge is 0.258 e. The smallest absolute Gasteiger partial charge is 0.166 e. The third kappa shape index (κ3) is 4.73. The zero-order chi connectivity index (χ0) is 14.6. The third-order valence-electron chi connectivity index (χ3n) is 2.37. The van der Waals surface area contributed by atoms with Gasteiger partial charge in [0.15, 0.2) is 11.0 Å². The molecule has 0 spiro atoms. The van der Waals surface area contributed by atoms with Crippen LogP contribution in [0.1, 0.15) is 16.8 Å². The summed E-state index contributed by atoms with van der Waals surface area (Å²) < 4.78 is 24.8. The lowest BCUT2D eigenvalue weighted by molar-refractivity contribution is 0.618. The summed E-state index contributed by atoms with van der Waals surface area (Å²) in [5.74, 6) is -0.804. The number of aromatic nitrogens is 2. The molecule has 6 heteroatoms. The minimum Gasteiger partial charge on any atom is -0.258 e. The van der Waals surface area contributed by atoms with E-state index in [1.165, 1.54) is 18.3 Å². The molecule has 0 N–H and O–H groups in total. The standard InChI is InChI=1S/C7H8FN.C6H4Cl2FN/c1-5-3-7(8)4-9-6(5)2;1-3-2-4(9)6(8)10-5(3)7/h3-4H,1-2H3;2H,1H3. The van der Waals surface area contributed by atoms with Crippen LogP contribution in [0.4, 0.5) is 8.78 Å². The number of hydrogen-bond acceptors (Lipinski definition) is 2. The van der Waals surface area contributed by atoms with E-state index in [0.717, 1.165) is 11.3 Å². The molecule has 2 heterocycles. The maximum atomic E-state index is 12.5. The van der Waals surface area contributed by atoms with Gasteiger partial charge in [0.25, 0.3) is 0 Å². The molecule has 102 valence electrons. The van der Waals surface area contributed by atoms with Crippen LogP contribution in [-0.4, -0.2) is 9.97 Å². The van der Waals surface area contributed by atoms with Gasteiger partial charge in [-0.05, 0) is 44.0 Å². The van der Waals surface area contributed by atoms with E-state index >= 15 is 0 Å². The second-order valence-corrected chi connectivity index (χ2v) is 4.64. The molecule has 0 aliphatic heterocycles. The van der Waals surface area contributed by atoms with Gasteiger partial charge in [-0.15, -0.1) is 0 Å². The summed E-state index contributed by atoms with van der Waals surface area (Å²) in [6.45, 7) is 5.36. The quantitative estimate of drug-likeness (QED) is 0.661. The van der Waals surface area contributed by atoms with E-state index < -0.39 is 5.82 Å². The Morgan fingerprint density at radius 3 is 2.05 bits per heavy atom. The zero-order valence-corrected chi connectivity index (χ0v) is 12.2. The Labute approximate surface area is 120 Å². The average Bonchev–Trinajstić information content (AvgIpc) is 2.33. The van der Waals surface area contributed by atoms with Crippen molar-refractivity contribution >= 4 is 23.2 Å². The van der Waals surface area contributed by atoms with Crippen molar-refractivity contribution < 1.29 is 8.78 Å². The van der Waals surface area contributed by atoms with E-state index in [-0.39, 0.29) is 16.1 Å². The van der Waals surface area contributed by atoms with Gasteiger partial charge in [-0.25, -0.2) is 13.8 Å². The summed E-state index contributed by atoms with van der Waals surface area (Å²) in [6, 6.07) is 2.72. The Bertz CT molecular complexity index is 539. The molecule has 2 aromatic heterocycles. The van der Waals surface area contributed by atoms with Crippen LogP contribution in [0.3, 0.4) is 0 Å². The first-order chi connectivity index (χ1) is 8.81. The van der Waals surface area contributed by atoms with Crippen LogP contribution >= 0.6 is 23.2 Å². The van der Waals surface area contributed by atoms with E-state index in [0.29, 0.717) is 5.56 Å². The molecule has 0 atom stereocenters. The van der Waals surface area contributed by atoms with Crippen molar-refractivity contribution in [2.75, 3.05) is 0 Å². The van der Waals surface area contributed by atoms with Gasteiger partial charge in [-0.2, -0.15) is 0 Å². The van der Waals surface area contributed by atoms with Crippen LogP contribution in [0.2, 0.25) is 10.3 Å². The second kappa shape index (κ2) is 6.78. The Hall–Kier alpha value is -1.26. The fraction of sp³-hybridized carbons (Fsp3) is 0.231. The topological polar surface area (TPSA) is 25.8 Å². The first-order valence-corrected chi connectivity index (χ1v) is 6.13. The van der Waals surface area contributed by atoms with Gasteiger partial charge in [-0.3, -0.25) is 4.98 Å². The Kier molecular flexibility index (Phi) is 5.63. The fourth-order valence-corrected chi connectivity index (χ4v) is 1.47. The molecule has 2 aromatic rings. The molecule has 19 heavy (non-hydrogen) atoms. The lowest BCUT2D eigenvalue weighted by Gasteiger charge is -1.96. The first-order valence-electron chi connectivity index (χ1n) is 5.38. The van der Waals surface area contributed by atoms with Crippen LogP contribution in [-0.2, 0) is 0 Å². The van der Waals surface area contributed by atoms with Gasteiger partial charge in [-0.1, -0.05) is 23.2 Å². The fourth-order valence-electron chi connectivity index (χ4n) is 1.15. The molecule has 0 amide bonds. The van der Waals surface area contributed by atoms with Gasteiger partial charge in [0.05, 0.1) is 6.20 Å². The highest BCUT2D eigenvalue weighted by Gasteiger charge is 2.03. The molecule has 0 aromatic carbocycles. The molecule has 2 rings (SSSR count). The highest BCUT2D eigenvalue weighted by molar-refractivity contribution is 6.32. The van der Waals surface area contributed by atoms with Crippen molar-refractivity contribution in [3.63, 3.8) is 0 Å². The minimum atomic E-state index is -0.538. The van der Waals surface area contributed by atoms with Crippen LogP contribution in [0, 0.1) is 32.4 Å². The van der Waals surface area contributed by atoms with Gasteiger partial charge < -0.3 is 0 Å². The molecule has 0 saturated heterocycles. The molecular weight excluding hydrogens is 293 g/mol. The summed E-state index contributed by atoms with van der Waals surface area (Å²) in [6.07, 6.45) is 1.22. The minimum absolute atomic E-state index is 0.185. The molecule has 0 unspecified atom stereocenters. The van der Waals surface area contributed by atoms with E-state index in [9.17, 15) is 8.78 Å². The van der Waals surface area contributed by atoms with Gasteiger partial charge in [0.1, 0.15) is 11.0 Å². The summed E-state index contributed by atoms with van der Waals surface area (Å²) in [5.41, 5.74) is 2.37. The van der Waals surface area contributed by atoms with Gasteiger partial charge in [0, 0.05) is 5.69 Å². The molecule has 0 saturated carbocycles. The number of pyridine rings is 2. The summed E-state index contributed by atoms with van der Waals surface area (Å²) in [4.78, 5) is 7.33. The lowest BCUT2D eigenvalue weighted by Crippen LogP contribution is -1.86. The molecular formula is C13H12Cl2F2N2. The molecule has 0 radical (unpaired) electrons. The molecule has 0 aliphatic carbocycles. The first kappa shape index (κ1) is 15.8. The van der Waals surface area contributed by atoms with E-state index in [1.807, 2.05) is 13.8 Å². The second-order valence-electron chi connectivity index (χ2n) is 3.92. The van der Waals surface area contributed by atoms with Crippen molar-refractivity contribution in [3.05, 3.63) is 57.1 Å². The van der Waals surface area contributed by atoms with E-state index in [1.54, 1.807) is 6.92 Å². The summed E-state index contributed by atoms with van der Waals surface area (Å²) in [5, 5.41) is 0.0574. The maximum Gasteiger partial charge on any atom is 0.166 e. The summed E-state index contributed by atoms with van der Waals surface area (Å²) in [7, 11) is 0. The molecule has 2 nitrogen and oxygen atoms in total. The normalized spacial score (nSPS) is 9.84. The third-order valence-corrected chi connectivity index (χ3v) is 3.02. The Morgan fingerprint density at radius 2 is 1.58 bits per heavy atom. The van der Waals surface area contributed by atoms with Crippen molar-refractivity contribution in [2.24, 2.45) is 0 Å².